The van der Waals surface area contributed by atoms with Crippen molar-refractivity contribution in [3.8, 4) is 0 Å². The van der Waals surface area contributed by atoms with Gasteiger partial charge in [-0.3, -0.25) is 10.1 Å². The number of carbonyl (C=O) groups excluding carboxylic acids is 1. The fraction of sp³-hybridized carbons (Fsp3) is 0. The lowest BCUT2D eigenvalue weighted by molar-refractivity contribution is -0.111. The maximum Gasteiger partial charge on any atom is 0.270 e. The van der Waals surface area contributed by atoms with Crippen molar-refractivity contribution in [2.75, 3.05) is 5.32 Å². The van der Waals surface area contributed by atoms with Crippen LogP contribution in [-0.4, -0.2) is 26.5 Å². The summed E-state index contributed by atoms with van der Waals surface area (Å²) < 4.78 is 0. The fourth-order valence-corrected chi connectivity index (χ4v) is 1.24. The van der Waals surface area contributed by atoms with E-state index in [1.54, 1.807) is 30.3 Å². The minimum absolute atomic E-state index is 0.135. The first kappa shape index (κ1) is 11.3. The van der Waals surface area contributed by atoms with Crippen molar-refractivity contribution in [1.82, 2.24) is 20.6 Å². The van der Waals surface area contributed by atoms with E-state index in [2.05, 4.69) is 25.9 Å². The van der Waals surface area contributed by atoms with E-state index >= 15 is 0 Å². The van der Waals surface area contributed by atoms with Crippen LogP contribution in [-0.2, 0) is 4.79 Å². The first-order valence-electron chi connectivity index (χ1n) is 4.72. The van der Waals surface area contributed by atoms with E-state index in [-0.39, 0.29) is 11.9 Å². The molecule has 0 aliphatic carbocycles. The molecule has 0 saturated carbocycles. The zero-order valence-corrected chi connectivity index (χ0v) is 9.35. The molecule has 0 aliphatic heterocycles. The van der Waals surface area contributed by atoms with Crippen molar-refractivity contribution in [2.45, 2.75) is 0 Å². The Balaban J connectivity index is 1.96. The van der Waals surface area contributed by atoms with E-state index in [0.717, 1.165) is 5.56 Å². The van der Waals surface area contributed by atoms with Gasteiger partial charge in [0.25, 0.3) is 11.9 Å². The molecule has 17 heavy (non-hydrogen) atoms. The Bertz CT molecular complexity index is 520. The molecule has 2 rings (SSSR count). The molecule has 6 nitrogen and oxygen atoms in total. The predicted octanol–water partition coefficient (Wildman–Crippen LogP) is 1.50. The number of nitrogens with zero attached hydrogens (tertiary/aromatic N) is 3. The zero-order chi connectivity index (χ0) is 12.1. The van der Waals surface area contributed by atoms with Crippen LogP contribution in [0, 0.1) is 0 Å². The Morgan fingerprint density at radius 3 is 2.76 bits per heavy atom. The monoisotopic (exact) mass is 249 g/mol. The molecule has 1 heterocycles. The highest BCUT2D eigenvalue weighted by Crippen LogP contribution is 2.10. The molecule has 0 spiro atoms. The Morgan fingerprint density at radius 2 is 2.12 bits per heavy atom. The van der Waals surface area contributed by atoms with E-state index in [4.69, 9.17) is 11.6 Å². The molecule has 0 radical (unpaired) electrons. The van der Waals surface area contributed by atoms with Crippen molar-refractivity contribution >= 4 is 29.5 Å². The number of aromatic amines is 1. The van der Waals surface area contributed by atoms with Gasteiger partial charge in [0.1, 0.15) is 0 Å². The van der Waals surface area contributed by atoms with Crippen LogP contribution in [0.15, 0.2) is 30.3 Å². The molecule has 0 saturated heterocycles. The molecule has 0 aliphatic rings. The molecule has 0 bridgehead atoms. The van der Waals surface area contributed by atoms with Gasteiger partial charge in [0.2, 0.25) is 0 Å². The van der Waals surface area contributed by atoms with E-state index in [1.165, 1.54) is 6.08 Å². The molecule has 2 N–H and O–H groups in total. The molecule has 7 heteroatoms. The van der Waals surface area contributed by atoms with E-state index in [0.29, 0.717) is 5.02 Å². The lowest BCUT2D eigenvalue weighted by Crippen LogP contribution is -2.09. The summed E-state index contributed by atoms with van der Waals surface area (Å²) in [5, 5.41) is 15.8. The maximum absolute atomic E-state index is 11.4. The summed E-state index contributed by atoms with van der Waals surface area (Å²) in [5.74, 6) is -0.197. The van der Waals surface area contributed by atoms with Crippen molar-refractivity contribution in [2.24, 2.45) is 0 Å². The Labute approximate surface area is 102 Å². The summed E-state index contributed by atoms with van der Waals surface area (Å²) in [6.45, 7) is 0. The van der Waals surface area contributed by atoms with Gasteiger partial charge in [-0.25, -0.2) is 0 Å². The van der Waals surface area contributed by atoms with Gasteiger partial charge >= 0.3 is 0 Å². The minimum atomic E-state index is -0.332. The average molecular weight is 250 g/mol. The minimum Gasteiger partial charge on any atom is -0.288 e. The molecular weight excluding hydrogens is 242 g/mol. The van der Waals surface area contributed by atoms with Gasteiger partial charge in [-0.1, -0.05) is 28.8 Å². The Hall–Kier alpha value is -2.21. The number of amides is 1. The van der Waals surface area contributed by atoms with Crippen molar-refractivity contribution in [3.63, 3.8) is 0 Å². The molecule has 0 fully saturated rings. The number of anilines is 1. The second-order valence-corrected chi connectivity index (χ2v) is 3.55. The van der Waals surface area contributed by atoms with Crippen LogP contribution in [0.1, 0.15) is 5.56 Å². The zero-order valence-electron chi connectivity index (χ0n) is 8.59. The van der Waals surface area contributed by atoms with Gasteiger partial charge in [0.15, 0.2) is 0 Å². The standard InChI is InChI=1S/C10H8ClN5O/c11-8-4-1-7(2-5-8)3-6-9(17)12-10-13-15-16-14-10/h1-6H,(H2,12,13,14,15,16,17). The second kappa shape index (κ2) is 5.22. The van der Waals surface area contributed by atoms with E-state index in [9.17, 15) is 4.79 Å². The summed E-state index contributed by atoms with van der Waals surface area (Å²) in [7, 11) is 0. The second-order valence-electron chi connectivity index (χ2n) is 3.11. The number of nitrogens with one attached hydrogen (secondary N) is 2. The molecule has 1 aromatic heterocycles. The number of hydrogen-bond donors (Lipinski definition) is 2. The Kier molecular flexibility index (Phi) is 3.46. The normalized spacial score (nSPS) is 10.6. The third-order valence-electron chi connectivity index (χ3n) is 1.88. The number of hydrogen-bond acceptors (Lipinski definition) is 4. The highest BCUT2D eigenvalue weighted by Gasteiger charge is 2.00. The Morgan fingerprint density at radius 1 is 1.35 bits per heavy atom. The molecule has 1 aromatic carbocycles. The fourth-order valence-electron chi connectivity index (χ4n) is 1.11. The summed E-state index contributed by atoms with van der Waals surface area (Å²) in [4.78, 5) is 11.4. The van der Waals surface area contributed by atoms with Crippen molar-refractivity contribution in [3.05, 3.63) is 40.9 Å². The van der Waals surface area contributed by atoms with Crippen molar-refractivity contribution < 1.29 is 4.79 Å². The number of rotatable bonds is 3. The number of carbonyl (C=O) groups is 1. The number of H-pyrrole nitrogens is 1. The van der Waals surface area contributed by atoms with Crippen LogP contribution >= 0.6 is 11.6 Å². The lowest BCUT2D eigenvalue weighted by Gasteiger charge is -1.94. The highest BCUT2D eigenvalue weighted by molar-refractivity contribution is 6.30. The van der Waals surface area contributed by atoms with Gasteiger partial charge in [-0.2, -0.15) is 5.21 Å². The molecule has 0 unspecified atom stereocenters. The predicted molar refractivity (Wildman–Crippen MR) is 63.3 cm³/mol. The topological polar surface area (TPSA) is 83.6 Å². The molecule has 0 atom stereocenters. The molecule has 2 aromatic rings. The molecule has 86 valence electrons. The van der Waals surface area contributed by atoms with Crippen LogP contribution in [0.5, 0.6) is 0 Å². The summed E-state index contributed by atoms with van der Waals surface area (Å²) in [5.41, 5.74) is 0.873. The third kappa shape index (κ3) is 3.39. The first-order valence-corrected chi connectivity index (χ1v) is 5.10. The summed E-state index contributed by atoms with van der Waals surface area (Å²) >= 11 is 5.74. The maximum atomic E-state index is 11.4. The van der Waals surface area contributed by atoms with Gasteiger partial charge in [-0.15, -0.1) is 5.10 Å². The molecular formula is C10H8ClN5O. The van der Waals surface area contributed by atoms with Crippen LogP contribution < -0.4 is 5.32 Å². The average Bonchev–Trinajstić information content (AvgIpc) is 2.81. The summed E-state index contributed by atoms with van der Waals surface area (Å²) in [6.07, 6.45) is 3.03. The van der Waals surface area contributed by atoms with Crippen LogP contribution in [0.4, 0.5) is 5.95 Å². The van der Waals surface area contributed by atoms with Crippen LogP contribution in [0.25, 0.3) is 6.08 Å². The van der Waals surface area contributed by atoms with Crippen molar-refractivity contribution in [1.29, 1.82) is 0 Å². The van der Waals surface area contributed by atoms with Crippen LogP contribution in [0.2, 0.25) is 5.02 Å². The van der Waals surface area contributed by atoms with E-state index < -0.39 is 0 Å². The van der Waals surface area contributed by atoms with Gasteiger partial charge in [0, 0.05) is 11.1 Å². The smallest absolute Gasteiger partial charge is 0.270 e. The van der Waals surface area contributed by atoms with E-state index in [1.807, 2.05) is 0 Å². The number of aromatic nitrogens is 4. The number of halogens is 1. The van der Waals surface area contributed by atoms with Gasteiger partial charge in [-0.05, 0) is 29.0 Å². The lowest BCUT2D eigenvalue weighted by atomic mass is 10.2. The van der Waals surface area contributed by atoms with Gasteiger partial charge < -0.3 is 0 Å². The summed E-state index contributed by atoms with van der Waals surface area (Å²) in [6, 6.07) is 7.11. The highest BCUT2D eigenvalue weighted by atomic mass is 35.5. The largest absolute Gasteiger partial charge is 0.288 e. The SMILES string of the molecule is O=C(C=Cc1ccc(Cl)cc1)Nc1nn[nH]n1. The first-order chi connectivity index (χ1) is 8.24. The van der Waals surface area contributed by atoms with Crippen LogP contribution in [0.3, 0.4) is 0 Å². The number of benzene rings is 1. The number of tetrazole rings is 1. The molecule has 1 amide bonds. The quantitative estimate of drug-likeness (QED) is 0.808. The van der Waals surface area contributed by atoms with Gasteiger partial charge in [0.05, 0.1) is 0 Å². The third-order valence-corrected chi connectivity index (χ3v) is 2.13.